The summed E-state index contributed by atoms with van der Waals surface area (Å²) in [7, 11) is 3.10. The first-order valence-corrected chi connectivity index (χ1v) is 8.86. The molecule has 0 aliphatic heterocycles. The molecule has 5 N–H and O–H groups in total. The minimum atomic E-state index is -0.691. The maximum atomic E-state index is 12.0. The second kappa shape index (κ2) is 10.1. The highest BCUT2D eigenvalue weighted by Gasteiger charge is 2.13. The van der Waals surface area contributed by atoms with Gasteiger partial charge in [-0.25, -0.2) is 0 Å². The first kappa shape index (κ1) is 21.7. The number of aromatic hydroxyl groups is 3. The number of hydrogen-bond donors (Lipinski definition) is 5. The standard InChI is InChI=1S/C20H24N2O7/c1-28-16-5-3-12(9-17(16)29-2)4-6-18(25)21-7-8-22-20(27)13-10-14(23)19(26)15(24)11-13/h3,5,9-11,23-24,26H,4,6-8H2,1-2H3,(H,21,25)(H,22,27). The highest BCUT2D eigenvalue weighted by Crippen LogP contribution is 2.35. The number of methoxy groups -OCH3 is 2. The number of hydrogen-bond acceptors (Lipinski definition) is 7. The maximum Gasteiger partial charge on any atom is 0.251 e. The van der Waals surface area contributed by atoms with Gasteiger partial charge in [0, 0.05) is 25.1 Å². The SMILES string of the molecule is COc1ccc(CCC(=O)NCCNC(=O)c2cc(O)c(O)c(O)c2)cc1OC. The van der Waals surface area contributed by atoms with Crippen molar-refractivity contribution < 1.29 is 34.4 Å². The van der Waals surface area contributed by atoms with Crippen LogP contribution in [0.4, 0.5) is 0 Å². The van der Waals surface area contributed by atoms with Gasteiger partial charge in [0.2, 0.25) is 5.91 Å². The van der Waals surface area contributed by atoms with Crippen LogP contribution in [0.1, 0.15) is 22.3 Å². The summed E-state index contributed by atoms with van der Waals surface area (Å²) in [6.07, 6.45) is 0.785. The third-order valence-electron chi connectivity index (χ3n) is 4.15. The molecule has 0 saturated heterocycles. The van der Waals surface area contributed by atoms with E-state index in [1.807, 2.05) is 12.1 Å². The van der Waals surface area contributed by atoms with E-state index in [1.54, 1.807) is 20.3 Å². The molecule has 0 spiro atoms. The van der Waals surface area contributed by atoms with Gasteiger partial charge in [-0.15, -0.1) is 0 Å². The van der Waals surface area contributed by atoms with Gasteiger partial charge in [0.25, 0.3) is 5.91 Å². The van der Waals surface area contributed by atoms with Crippen LogP contribution in [0.3, 0.4) is 0 Å². The molecule has 0 atom stereocenters. The summed E-state index contributed by atoms with van der Waals surface area (Å²) in [6.45, 7) is 0.371. The van der Waals surface area contributed by atoms with Gasteiger partial charge < -0.3 is 35.4 Å². The fourth-order valence-electron chi connectivity index (χ4n) is 2.60. The number of nitrogens with one attached hydrogen (secondary N) is 2. The molecule has 0 bridgehead atoms. The lowest BCUT2D eigenvalue weighted by molar-refractivity contribution is -0.121. The topological polar surface area (TPSA) is 137 Å². The molecular formula is C20H24N2O7. The Bertz CT molecular complexity index is 860. The number of aryl methyl sites for hydroxylation is 1. The average molecular weight is 404 g/mol. The zero-order valence-electron chi connectivity index (χ0n) is 16.2. The predicted octanol–water partition coefficient (Wildman–Crippen LogP) is 1.30. The van der Waals surface area contributed by atoms with Crippen molar-refractivity contribution in [3.63, 3.8) is 0 Å². The monoisotopic (exact) mass is 404 g/mol. The van der Waals surface area contributed by atoms with Crippen molar-refractivity contribution in [1.82, 2.24) is 10.6 Å². The number of phenolic OH excluding ortho intramolecular Hbond substituents is 3. The number of carbonyl (C=O) groups is 2. The lowest BCUT2D eigenvalue weighted by atomic mass is 10.1. The van der Waals surface area contributed by atoms with E-state index in [2.05, 4.69) is 10.6 Å². The van der Waals surface area contributed by atoms with E-state index in [0.29, 0.717) is 17.9 Å². The summed E-state index contributed by atoms with van der Waals surface area (Å²) in [5.41, 5.74) is 0.913. The number of amides is 2. The normalized spacial score (nSPS) is 10.3. The first-order valence-electron chi connectivity index (χ1n) is 8.86. The molecule has 0 aliphatic rings. The van der Waals surface area contributed by atoms with Crippen LogP contribution < -0.4 is 20.1 Å². The van der Waals surface area contributed by atoms with Crippen molar-refractivity contribution >= 4 is 11.8 Å². The van der Waals surface area contributed by atoms with Crippen LogP contribution in [0.5, 0.6) is 28.7 Å². The Kier molecular flexibility index (Phi) is 7.53. The van der Waals surface area contributed by atoms with Gasteiger partial charge in [-0.05, 0) is 36.2 Å². The molecule has 29 heavy (non-hydrogen) atoms. The van der Waals surface area contributed by atoms with Crippen molar-refractivity contribution in [2.24, 2.45) is 0 Å². The number of rotatable bonds is 9. The number of carbonyl (C=O) groups excluding carboxylic acids is 2. The lowest BCUT2D eigenvalue weighted by Crippen LogP contribution is -2.34. The van der Waals surface area contributed by atoms with Crippen LogP contribution in [-0.4, -0.2) is 54.4 Å². The quantitative estimate of drug-likeness (QED) is 0.314. The smallest absolute Gasteiger partial charge is 0.251 e. The second-order valence-corrected chi connectivity index (χ2v) is 6.16. The fourth-order valence-corrected chi connectivity index (χ4v) is 2.60. The highest BCUT2D eigenvalue weighted by molar-refractivity contribution is 5.95. The average Bonchev–Trinajstić information content (AvgIpc) is 2.72. The third kappa shape index (κ3) is 5.93. The molecule has 2 aromatic rings. The van der Waals surface area contributed by atoms with Crippen molar-refractivity contribution in [1.29, 1.82) is 0 Å². The van der Waals surface area contributed by atoms with E-state index >= 15 is 0 Å². The van der Waals surface area contributed by atoms with Crippen LogP contribution in [0, 0.1) is 0 Å². The first-order chi connectivity index (χ1) is 13.8. The predicted molar refractivity (Wildman–Crippen MR) is 105 cm³/mol. The molecule has 0 heterocycles. The molecule has 0 radical (unpaired) electrons. The van der Waals surface area contributed by atoms with Gasteiger partial charge >= 0.3 is 0 Å². The van der Waals surface area contributed by atoms with Crippen LogP contribution in [0.25, 0.3) is 0 Å². The summed E-state index contributed by atoms with van der Waals surface area (Å²) >= 11 is 0. The van der Waals surface area contributed by atoms with Gasteiger partial charge in [-0.2, -0.15) is 0 Å². The van der Waals surface area contributed by atoms with Gasteiger partial charge in [0.15, 0.2) is 28.7 Å². The van der Waals surface area contributed by atoms with Crippen LogP contribution in [0.15, 0.2) is 30.3 Å². The highest BCUT2D eigenvalue weighted by atomic mass is 16.5. The molecule has 0 unspecified atom stereocenters. The fraction of sp³-hybridized carbons (Fsp3) is 0.300. The molecule has 2 aromatic carbocycles. The van der Waals surface area contributed by atoms with Crippen LogP contribution in [0.2, 0.25) is 0 Å². The number of benzene rings is 2. The zero-order chi connectivity index (χ0) is 21.4. The Balaban J connectivity index is 1.74. The van der Waals surface area contributed by atoms with E-state index < -0.39 is 23.2 Å². The molecule has 0 fully saturated rings. The van der Waals surface area contributed by atoms with Crippen molar-refractivity contribution in [2.45, 2.75) is 12.8 Å². The second-order valence-electron chi connectivity index (χ2n) is 6.16. The molecule has 2 rings (SSSR count). The Morgan fingerprint density at radius 2 is 1.52 bits per heavy atom. The number of ether oxygens (including phenoxy) is 2. The summed E-state index contributed by atoms with van der Waals surface area (Å²) in [5.74, 6) is -1.41. The van der Waals surface area contributed by atoms with Gasteiger partial charge in [0.1, 0.15) is 0 Å². The Hall–Kier alpha value is -3.62. The largest absolute Gasteiger partial charge is 0.504 e. The van der Waals surface area contributed by atoms with Gasteiger partial charge in [-0.1, -0.05) is 6.07 Å². The van der Waals surface area contributed by atoms with E-state index in [4.69, 9.17) is 9.47 Å². The van der Waals surface area contributed by atoms with Gasteiger partial charge in [0.05, 0.1) is 14.2 Å². The van der Waals surface area contributed by atoms with Crippen LogP contribution >= 0.6 is 0 Å². The van der Waals surface area contributed by atoms with E-state index in [1.165, 1.54) is 0 Å². The Morgan fingerprint density at radius 3 is 2.14 bits per heavy atom. The summed E-state index contributed by atoms with van der Waals surface area (Å²) in [6, 6.07) is 7.52. The minimum absolute atomic E-state index is 0.0161. The third-order valence-corrected chi connectivity index (χ3v) is 4.15. The summed E-state index contributed by atoms with van der Waals surface area (Å²) < 4.78 is 10.4. The Labute approximate surface area is 167 Å². The Morgan fingerprint density at radius 1 is 0.897 bits per heavy atom. The number of phenols is 3. The minimum Gasteiger partial charge on any atom is -0.504 e. The van der Waals surface area contributed by atoms with E-state index in [0.717, 1.165) is 17.7 Å². The van der Waals surface area contributed by atoms with E-state index in [-0.39, 0.29) is 31.0 Å². The van der Waals surface area contributed by atoms with Crippen LogP contribution in [-0.2, 0) is 11.2 Å². The molecule has 9 heteroatoms. The lowest BCUT2D eigenvalue weighted by Gasteiger charge is -2.10. The van der Waals surface area contributed by atoms with Crippen molar-refractivity contribution in [3.8, 4) is 28.7 Å². The zero-order valence-corrected chi connectivity index (χ0v) is 16.2. The molecule has 9 nitrogen and oxygen atoms in total. The maximum absolute atomic E-state index is 12.0. The molecule has 156 valence electrons. The van der Waals surface area contributed by atoms with Crippen molar-refractivity contribution in [3.05, 3.63) is 41.5 Å². The van der Waals surface area contributed by atoms with E-state index in [9.17, 15) is 24.9 Å². The molecule has 0 aliphatic carbocycles. The molecule has 2 amide bonds. The summed E-state index contributed by atoms with van der Waals surface area (Å²) in [4.78, 5) is 23.9. The molecule has 0 saturated carbocycles. The van der Waals surface area contributed by atoms with Crippen molar-refractivity contribution in [2.75, 3.05) is 27.3 Å². The molecule has 0 aromatic heterocycles. The summed E-state index contributed by atoms with van der Waals surface area (Å²) in [5, 5.41) is 33.4. The van der Waals surface area contributed by atoms with Gasteiger partial charge in [-0.3, -0.25) is 9.59 Å². The molecular weight excluding hydrogens is 380 g/mol.